The Balaban J connectivity index is 3.08. The molecule has 1 aromatic carbocycles. The second kappa shape index (κ2) is 6.53. The van der Waals surface area contributed by atoms with Crippen molar-refractivity contribution in [2.45, 2.75) is 31.1 Å². The quantitative estimate of drug-likeness (QED) is 0.825. The molecule has 0 aliphatic heterocycles. The normalized spacial score (nSPS) is 13.9. The molecular weight excluding hydrogens is 327 g/mol. The Kier molecular flexibility index (Phi) is 5.41. The molecule has 0 bridgehead atoms. The van der Waals surface area contributed by atoms with Gasteiger partial charge in [-0.15, -0.1) is 13.2 Å². The molecule has 1 rings (SSSR count). The number of carboxylic acid groups (broad SMARTS) is 1. The van der Waals surface area contributed by atoms with Crippen LogP contribution in [-0.2, 0) is 14.8 Å². The van der Waals surface area contributed by atoms with E-state index < -0.39 is 45.0 Å². The number of aliphatic carboxylic acids is 1. The van der Waals surface area contributed by atoms with E-state index in [0.717, 1.165) is 18.2 Å². The summed E-state index contributed by atoms with van der Waals surface area (Å²) in [5.41, 5.74) is 0. The van der Waals surface area contributed by atoms with E-state index in [0.29, 0.717) is 6.07 Å². The molecule has 0 unspecified atom stereocenters. The molecule has 2 N–H and O–H groups in total. The van der Waals surface area contributed by atoms with Gasteiger partial charge in [0.15, 0.2) is 0 Å². The van der Waals surface area contributed by atoms with Crippen molar-refractivity contribution < 1.29 is 36.2 Å². The topological polar surface area (TPSA) is 92.7 Å². The SMILES string of the molecule is CC(C)[C@@H](NS(=O)(=O)c1cccc(OC(F)(F)F)c1)C(=O)O. The molecule has 0 fully saturated rings. The van der Waals surface area contributed by atoms with Gasteiger partial charge in [0.2, 0.25) is 10.0 Å². The second-order valence-electron chi connectivity index (χ2n) is 4.70. The predicted molar refractivity (Wildman–Crippen MR) is 69.7 cm³/mol. The summed E-state index contributed by atoms with van der Waals surface area (Å²) in [5, 5.41) is 8.96. The number of benzene rings is 1. The van der Waals surface area contributed by atoms with Crippen LogP contribution in [-0.4, -0.2) is 31.9 Å². The molecule has 0 saturated carbocycles. The Morgan fingerprint density at radius 1 is 1.32 bits per heavy atom. The number of ether oxygens (including phenoxy) is 1. The zero-order valence-corrected chi connectivity index (χ0v) is 12.4. The summed E-state index contributed by atoms with van der Waals surface area (Å²) in [4.78, 5) is 10.5. The molecular formula is C12H14F3NO5S. The van der Waals surface area contributed by atoms with Crippen LogP contribution in [0.2, 0.25) is 0 Å². The maximum absolute atomic E-state index is 12.1. The van der Waals surface area contributed by atoms with E-state index in [2.05, 4.69) is 4.74 Å². The summed E-state index contributed by atoms with van der Waals surface area (Å²) in [7, 11) is -4.31. The lowest BCUT2D eigenvalue weighted by Gasteiger charge is -2.18. The van der Waals surface area contributed by atoms with Gasteiger partial charge in [0.1, 0.15) is 11.8 Å². The Labute approximate surface area is 124 Å². The lowest BCUT2D eigenvalue weighted by atomic mass is 10.1. The maximum atomic E-state index is 12.1. The Bertz CT molecular complexity index is 642. The number of halogens is 3. The van der Waals surface area contributed by atoms with Gasteiger partial charge in [0, 0.05) is 6.07 Å². The summed E-state index contributed by atoms with van der Waals surface area (Å²) >= 11 is 0. The zero-order valence-electron chi connectivity index (χ0n) is 11.6. The first-order valence-corrected chi connectivity index (χ1v) is 7.51. The molecule has 124 valence electrons. The second-order valence-corrected chi connectivity index (χ2v) is 6.42. The molecule has 0 heterocycles. The van der Waals surface area contributed by atoms with Crippen molar-refractivity contribution in [1.82, 2.24) is 4.72 Å². The molecule has 0 saturated heterocycles. The van der Waals surface area contributed by atoms with Crippen LogP contribution in [0, 0.1) is 5.92 Å². The number of carbonyl (C=O) groups is 1. The van der Waals surface area contributed by atoms with Crippen molar-refractivity contribution in [1.29, 1.82) is 0 Å². The fourth-order valence-corrected chi connectivity index (χ4v) is 2.92. The minimum atomic E-state index is -4.96. The first-order chi connectivity index (χ1) is 9.92. The van der Waals surface area contributed by atoms with Crippen molar-refractivity contribution in [2.75, 3.05) is 0 Å². The molecule has 22 heavy (non-hydrogen) atoms. The van der Waals surface area contributed by atoms with Gasteiger partial charge in [-0.3, -0.25) is 4.79 Å². The van der Waals surface area contributed by atoms with Crippen molar-refractivity contribution in [3.8, 4) is 5.75 Å². The van der Waals surface area contributed by atoms with Crippen LogP contribution in [0.15, 0.2) is 29.2 Å². The monoisotopic (exact) mass is 341 g/mol. The highest BCUT2D eigenvalue weighted by atomic mass is 32.2. The van der Waals surface area contributed by atoms with E-state index in [9.17, 15) is 26.4 Å². The molecule has 0 spiro atoms. The van der Waals surface area contributed by atoms with E-state index in [-0.39, 0.29) is 0 Å². The van der Waals surface area contributed by atoms with Crippen LogP contribution in [0.5, 0.6) is 5.75 Å². The smallest absolute Gasteiger partial charge is 0.480 e. The molecule has 6 nitrogen and oxygen atoms in total. The largest absolute Gasteiger partial charge is 0.573 e. The molecule has 0 aliphatic rings. The molecule has 1 atom stereocenters. The van der Waals surface area contributed by atoms with E-state index >= 15 is 0 Å². The molecule has 1 aromatic rings. The van der Waals surface area contributed by atoms with Gasteiger partial charge in [-0.1, -0.05) is 19.9 Å². The average Bonchev–Trinajstić information content (AvgIpc) is 2.33. The fourth-order valence-electron chi connectivity index (χ4n) is 1.55. The highest BCUT2D eigenvalue weighted by Gasteiger charge is 2.32. The molecule has 0 radical (unpaired) electrons. The third kappa shape index (κ3) is 5.19. The Hall–Kier alpha value is -1.81. The lowest BCUT2D eigenvalue weighted by Crippen LogP contribution is -2.44. The van der Waals surface area contributed by atoms with Gasteiger partial charge in [0.25, 0.3) is 0 Å². The van der Waals surface area contributed by atoms with Gasteiger partial charge in [-0.05, 0) is 18.1 Å². The van der Waals surface area contributed by atoms with E-state index in [1.165, 1.54) is 13.8 Å². The van der Waals surface area contributed by atoms with Crippen LogP contribution in [0.25, 0.3) is 0 Å². The summed E-state index contributed by atoms with van der Waals surface area (Å²) in [6.45, 7) is 2.98. The lowest BCUT2D eigenvalue weighted by molar-refractivity contribution is -0.274. The number of hydrogen-bond acceptors (Lipinski definition) is 4. The fraction of sp³-hybridized carbons (Fsp3) is 0.417. The molecule has 0 aromatic heterocycles. The number of rotatable bonds is 6. The van der Waals surface area contributed by atoms with Gasteiger partial charge >= 0.3 is 12.3 Å². The van der Waals surface area contributed by atoms with Crippen LogP contribution in [0.3, 0.4) is 0 Å². The van der Waals surface area contributed by atoms with Crippen LogP contribution in [0.4, 0.5) is 13.2 Å². The highest BCUT2D eigenvalue weighted by molar-refractivity contribution is 7.89. The van der Waals surface area contributed by atoms with Gasteiger partial charge < -0.3 is 9.84 Å². The van der Waals surface area contributed by atoms with E-state index in [1.54, 1.807) is 0 Å². The zero-order chi connectivity index (χ0) is 17.1. The third-order valence-electron chi connectivity index (χ3n) is 2.56. The van der Waals surface area contributed by atoms with Gasteiger partial charge in [-0.2, -0.15) is 4.72 Å². The minimum Gasteiger partial charge on any atom is -0.480 e. The van der Waals surface area contributed by atoms with Crippen molar-refractivity contribution in [3.05, 3.63) is 24.3 Å². The van der Waals surface area contributed by atoms with Gasteiger partial charge in [0.05, 0.1) is 4.90 Å². The van der Waals surface area contributed by atoms with Crippen molar-refractivity contribution in [3.63, 3.8) is 0 Å². The summed E-state index contributed by atoms with van der Waals surface area (Å²) in [6, 6.07) is 2.28. The minimum absolute atomic E-state index is 0.527. The standard InChI is InChI=1S/C12H14F3NO5S/c1-7(2)10(11(17)18)16-22(19,20)9-5-3-4-8(6-9)21-12(13,14)15/h3-7,10,16H,1-2H3,(H,17,18)/t10-/m1/s1. The Morgan fingerprint density at radius 3 is 2.36 bits per heavy atom. The summed E-state index contributed by atoms with van der Waals surface area (Å²) in [6.07, 6.45) is -4.96. The van der Waals surface area contributed by atoms with Crippen LogP contribution >= 0.6 is 0 Å². The first kappa shape index (κ1) is 18.2. The molecule has 0 aliphatic carbocycles. The van der Waals surface area contributed by atoms with E-state index in [4.69, 9.17) is 5.11 Å². The predicted octanol–water partition coefficient (Wildman–Crippen LogP) is 1.97. The van der Waals surface area contributed by atoms with Crippen molar-refractivity contribution in [2.24, 2.45) is 5.92 Å². The van der Waals surface area contributed by atoms with Crippen molar-refractivity contribution >= 4 is 16.0 Å². The van der Waals surface area contributed by atoms with E-state index in [1.807, 2.05) is 4.72 Å². The maximum Gasteiger partial charge on any atom is 0.573 e. The summed E-state index contributed by atoms with van der Waals surface area (Å²) in [5.74, 6) is -2.66. The average molecular weight is 341 g/mol. The summed E-state index contributed by atoms with van der Waals surface area (Å²) < 4.78 is 66.1. The highest BCUT2D eigenvalue weighted by Crippen LogP contribution is 2.25. The number of carboxylic acids is 1. The molecule has 0 amide bonds. The Morgan fingerprint density at radius 2 is 1.91 bits per heavy atom. The molecule has 10 heteroatoms. The number of alkyl halides is 3. The van der Waals surface area contributed by atoms with Crippen LogP contribution in [0.1, 0.15) is 13.8 Å². The number of nitrogens with one attached hydrogen (secondary N) is 1. The van der Waals surface area contributed by atoms with Gasteiger partial charge in [-0.25, -0.2) is 8.42 Å². The van der Waals surface area contributed by atoms with Crippen LogP contribution < -0.4 is 9.46 Å². The number of hydrogen-bond donors (Lipinski definition) is 2. The first-order valence-electron chi connectivity index (χ1n) is 6.03. The number of sulfonamides is 1. The third-order valence-corrected chi connectivity index (χ3v) is 4.00.